The first-order valence-corrected chi connectivity index (χ1v) is 13.8. The molecule has 1 aliphatic heterocycles. The highest BCUT2D eigenvalue weighted by molar-refractivity contribution is 7.90. The fraction of sp³-hybridized carbons (Fsp3) is 0.440. The lowest BCUT2D eigenvalue weighted by atomic mass is 9.90. The lowest BCUT2D eigenvalue weighted by Gasteiger charge is -2.36. The van der Waals surface area contributed by atoms with Gasteiger partial charge in [-0.05, 0) is 50.5 Å². The zero-order valence-electron chi connectivity index (χ0n) is 21.8. The maximum atomic E-state index is 13.4. The molecular weight excluding hydrogens is 510 g/mol. The highest BCUT2D eigenvalue weighted by atomic mass is 32.2. The molecule has 1 aliphatic rings. The fourth-order valence-corrected chi connectivity index (χ4v) is 5.26. The number of nitrogens with two attached hydrogens (primary N) is 1. The van der Waals surface area contributed by atoms with Crippen molar-refractivity contribution >= 4 is 27.6 Å². The number of carbonyl (C=O) groups excluding carboxylic acids is 1. The Kier molecular flexibility index (Phi) is 7.61. The molecule has 204 valence electrons. The average Bonchev–Trinajstić information content (AvgIpc) is 3.46. The van der Waals surface area contributed by atoms with Crippen LogP contribution in [0, 0.1) is 11.8 Å². The summed E-state index contributed by atoms with van der Waals surface area (Å²) in [6.07, 6.45) is 3.93. The molecule has 3 aromatic heterocycles. The first kappa shape index (κ1) is 27.3. The maximum Gasteiger partial charge on any atom is 0.268 e. The van der Waals surface area contributed by atoms with Gasteiger partial charge in [-0.1, -0.05) is 13.8 Å². The molecule has 0 spiro atoms. The molecule has 1 saturated heterocycles. The van der Waals surface area contributed by atoms with Crippen LogP contribution in [0.25, 0.3) is 5.82 Å². The number of rotatable bonds is 9. The van der Waals surface area contributed by atoms with Gasteiger partial charge < -0.3 is 20.5 Å². The second-order valence-corrected chi connectivity index (χ2v) is 11.7. The van der Waals surface area contributed by atoms with E-state index in [1.165, 1.54) is 29.1 Å². The summed E-state index contributed by atoms with van der Waals surface area (Å²) in [6, 6.07) is 7.51. The summed E-state index contributed by atoms with van der Waals surface area (Å²) in [5.41, 5.74) is 5.50. The van der Waals surface area contributed by atoms with Gasteiger partial charge in [-0.15, -0.1) is 5.10 Å². The number of pyridine rings is 2. The summed E-state index contributed by atoms with van der Waals surface area (Å²) in [4.78, 5) is 23.7. The zero-order chi connectivity index (χ0) is 27.7. The van der Waals surface area contributed by atoms with Gasteiger partial charge in [0.1, 0.15) is 16.5 Å². The number of aliphatic hydroxyl groups is 1. The molecule has 4 rings (SSSR count). The molecule has 2 atom stereocenters. The number of anilines is 2. The number of aliphatic hydroxyl groups excluding tert-OH is 1. The molecule has 3 aromatic rings. The molecule has 13 heteroatoms. The fourth-order valence-electron chi connectivity index (χ4n) is 4.21. The predicted octanol–water partition coefficient (Wildman–Crippen LogP) is 2.00. The molecule has 2 unspecified atom stereocenters. The Balaban J connectivity index is 1.70. The van der Waals surface area contributed by atoms with E-state index in [2.05, 4.69) is 35.6 Å². The van der Waals surface area contributed by atoms with E-state index in [1.54, 1.807) is 18.3 Å². The smallest absolute Gasteiger partial charge is 0.268 e. The monoisotopic (exact) mass is 543 g/mol. The molecule has 4 N–H and O–H groups in total. The minimum atomic E-state index is -4.28. The number of amides is 1. The zero-order valence-corrected chi connectivity index (χ0v) is 22.6. The summed E-state index contributed by atoms with van der Waals surface area (Å²) in [5.74, 6) is 0.361. The van der Waals surface area contributed by atoms with E-state index in [0.717, 1.165) is 6.42 Å². The van der Waals surface area contributed by atoms with Gasteiger partial charge in [0.2, 0.25) is 5.88 Å². The highest BCUT2D eigenvalue weighted by Crippen LogP contribution is 2.39. The third kappa shape index (κ3) is 5.43. The first-order valence-electron chi connectivity index (χ1n) is 12.3. The highest BCUT2D eigenvalue weighted by Gasteiger charge is 2.41. The van der Waals surface area contributed by atoms with Crippen LogP contribution in [0.15, 0.2) is 47.6 Å². The Hall–Kier alpha value is -3.71. The van der Waals surface area contributed by atoms with Crippen LogP contribution in [0.2, 0.25) is 0 Å². The largest absolute Gasteiger partial charge is 0.476 e. The van der Waals surface area contributed by atoms with Crippen LogP contribution in [0.3, 0.4) is 0 Å². The minimum Gasteiger partial charge on any atom is -0.476 e. The number of carbonyl (C=O) groups is 1. The van der Waals surface area contributed by atoms with Gasteiger partial charge in [-0.2, -0.15) is 0 Å². The number of ether oxygens (including phenoxy) is 1. The van der Waals surface area contributed by atoms with Crippen LogP contribution in [-0.4, -0.2) is 64.5 Å². The van der Waals surface area contributed by atoms with Gasteiger partial charge in [0.25, 0.3) is 15.9 Å². The molecule has 1 fully saturated rings. The molecule has 1 amide bonds. The van der Waals surface area contributed by atoms with Crippen molar-refractivity contribution in [3.8, 4) is 11.7 Å². The van der Waals surface area contributed by atoms with E-state index in [1.807, 2.05) is 11.8 Å². The molecule has 0 saturated carbocycles. The van der Waals surface area contributed by atoms with Crippen LogP contribution < -0.4 is 20.1 Å². The number of nitrogens with one attached hydrogen (secondary N) is 1. The molecule has 0 bridgehead atoms. The van der Waals surface area contributed by atoms with Crippen LogP contribution in [-0.2, 0) is 10.0 Å². The topological polar surface area (TPSA) is 166 Å². The molecule has 12 nitrogen and oxygen atoms in total. The van der Waals surface area contributed by atoms with Crippen molar-refractivity contribution in [3.63, 3.8) is 0 Å². The Labute approximate surface area is 221 Å². The van der Waals surface area contributed by atoms with E-state index in [4.69, 9.17) is 15.5 Å². The second-order valence-electron chi connectivity index (χ2n) is 10.1. The third-order valence-electron chi connectivity index (χ3n) is 6.99. The van der Waals surface area contributed by atoms with Crippen LogP contribution in [0.1, 0.15) is 44.5 Å². The van der Waals surface area contributed by atoms with E-state index in [-0.39, 0.29) is 34.3 Å². The Morgan fingerprint density at radius 3 is 2.74 bits per heavy atom. The van der Waals surface area contributed by atoms with Crippen LogP contribution in [0.4, 0.5) is 11.6 Å². The number of nitrogen functional groups attached to an aromatic ring is 1. The van der Waals surface area contributed by atoms with Crippen LogP contribution >= 0.6 is 0 Å². The van der Waals surface area contributed by atoms with E-state index in [9.17, 15) is 18.3 Å². The summed E-state index contributed by atoms with van der Waals surface area (Å²) in [7, 11) is -4.28. The van der Waals surface area contributed by atoms with Gasteiger partial charge in [0.05, 0.1) is 12.2 Å². The summed E-state index contributed by atoms with van der Waals surface area (Å²) < 4.78 is 35.1. The van der Waals surface area contributed by atoms with E-state index >= 15 is 0 Å². The van der Waals surface area contributed by atoms with Gasteiger partial charge in [0.15, 0.2) is 5.82 Å². The quantitative estimate of drug-likeness (QED) is 0.363. The lowest BCUT2D eigenvalue weighted by Crippen LogP contribution is -2.44. The van der Waals surface area contributed by atoms with E-state index in [0.29, 0.717) is 36.6 Å². The third-order valence-corrected chi connectivity index (χ3v) is 8.37. The van der Waals surface area contributed by atoms with Crippen molar-refractivity contribution in [1.29, 1.82) is 0 Å². The lowest BCUT2D eigenvalue weighted by molar-refractivity contribution is 0.0981. The molecule has 0 aliphatic carbocycles. The number of hydrogen-bond acceptors (Lipinski definition) is 10. The minimum absolute atomic E-state index is 0.00227. The summed E-state index contributed by atoms with van der Waals surface area (Å²) in [5, 5.41) is 13.6. The number of hydrogen-bond donors (Lipinski definition) is 3. The number of aromatic nitrogens is 4. The van der Waals surface area contributed by atoms with Crippen molar-refractivity contribution in [1.82, 2.24) is 24.5 Å². The maximum absolute atomic E-state index is 13.4. The molecule has 38 heavy (non-hydrogen) atoms. The van der Waals surface area contributed by atoms with E-state index < -0.39 is 15.9 Å². The Morgan fingerprint density at radius 2 is 2.08 bits per heavy atom. The molecule has 0 radical (unpaired) electrons. The Morgan fingerprint density at radius 1 is 1.32 bits per heavy atom. The second kappa shape index (κ2) is 10.6. The standard InChI is InChI=1S/C25H33N7O5S/c1-16(14-33)15-37-21-10-13-32(29-21)20-8-7-18(23(28-20)31-12-9-17(2)25(31,3)4)24(34)30-38(35,36)19-6-5-11-27-22(19)26/h5-8,10-11,13,16-17,33H,9,12,14-15H2,1-4H3,(H2,26,27)(H,30,34). The van der Waals surface area contributed by atoms with Gasteiger partial charge in [-0.25, -0.2) is 27.8 Å². The van der Waals surface area contributed by atoms with Crippen molar-refractivity contribution < 1.29 is 23.1 Å². The normalized spacial score (nSPS) is 17.8. The predicted molar refractivity (Wildman–Crippen MR) is 142 cm³/mol. The van der Waals surface area contributed by atoms with Crippen LogP contribution in [0.5, 0.6) is 5.88 Å². The van der Waals surface area contributed by atoms with Crippen molar-refractivity contribution in [2.45, 2.75) is 44.6 Å². The Bertz CT molecular complexity index is 1420. The first-order chi connectivity index (χ1) is 17.9. The molecular formula is C25H33N7O5S. The van der Waals surface area contributed by atoms with Gasteiger partial charge in [0, 0.05) is 43.1 Å². The number of sulfonamides is 1. The van der Waals surface area contributed by atoms with Crippen molar-refractivity contribution in [2.24, 2.45) is 11.8 Å². The SMILES string of the molecule is CC(CO)COc1ccn(-c2ccc(C(=O)NS(=O)(=O)c3cccnc3N)c(N3CCC(C)C3(C)C)n2)n1. The summed E-state index contributed by atoms with van der Waals surface area (Å²) in [6.45, 7) is 9.06. The van der Waals surface area contributed by atoms with Gasteiger partial charge in [-0.3, -0.25) is 4.79 Å². The molecule has 0 aromatic carbocycles. The number of nitrogens with zero attached hydrogens (tertiary/aromatic N) is 5. The molecule has 4 heterocycles. The van der Waals surface area contributed by atoms with Crippen molar-refractivity contribution in [2.75, 3.05) is 30.4 Å². The van der Waals surface area contributed by atoms with Gasteiger partial charge >= 0.3 is 0 Å². The van der Waals surface area contributed by atoms with Crippen molar-refractivity contribution in [3.05, 3.63) is 48.3 Å². The summed E-state index contributed by atoms with van der Waals surface area (Å²) >= 11 is 0. The average molecular weight is 544 g/mol.